The summed E-state index contributed by atoms with van der Waals surface area (Å²) in [6, 6.07) is 0. The van der Waals surface area contributed by atoms with Gasteiger partial charge in [0, 0.05) is 13.1 Å². The molecule has 0 radical (unpaired) electrons. The maximum Gasteiger partial charge on any atom is 0.0610 e. The van der Waals surface area contributed by atoms with Crippen molar-refractivity contribution in [2.45, 2.75) is 12.8 Å². The van der Waals surface area contributed by atoms with Crippen molar-refractivity contribution >= 4 is 0 Å². The fraction of sp³-hybridized carbons (Fsp3) is 1.00. The highest BCUT2D eigenvalue weighted by atomic mass is 15.3. The number of rotatable bonds is 4. The summed E-state index contributed by atoms with van der Waals surface area (Å²) < 4.78 is 0. The Bertz CT molecular complexity index is 140. The summed E-state index contributed by atoms with van der Waals surface area (Å²) in [6.45, 7) is 4.42. The number of hydrogen-bond acceptors (Lipinski definition) is 4. The summed E-state index contributed by atoms with van der Waals surface area (Å²) in [5, 5.41) is 0. The molecule has 0 aromatic heterocycles. The van der Waals surface area contributed by atoms with Crippen LogP contribution in [0.5, 0.6) is 0 Å². The molecule has 1 saturated heterocycles. The van der Waals surface area contributed by atoms with Crippen molar-refractivity contribution in [1.82, 2.24) is 15.2 Å². The van der Waals surface area contributed by atoms with E-state index in [1.807, 2.05) is 0 Å². The lowest BCUT2D eigenvalue weighted by atomic mass is 9.98. The Morgan fingerprint density at radius 2 is 2.38 bits per heavy atom. The largest absolute Gasteiger partial charge is 0.306 e. The van der Waals surface area contributed by atoms with Crippen LogP contribution in [-0.2, 0) is 0 Å². The van der Waals surface area contributed by atoms with E-state index in [2.05, 4.69) is 29.3 Å². The predicted octanol–water partition coefficient (Wildman–Crippen LogP) is -0.319. The van der Waals surface area contributed by atoms with Crippen molar-refractivity contribution in [2.75, 3.05) is 40.4 Å². The number of piperidine rings is 1. The predicted molar refractivity (Wildman–Crippen MR) is 55.0 cm³/mol. The van der Waals surface area contributed by atoms with Crippen LogP contribution in [0.15, 0.2) is 0 Å². The van der Waals surface area contributed by atoms with Crippen LogP contribution in [-0.4, -0.2) is 50.2 Å². The first-order chi connectivity index (χ1) is 6.22. The zero-order valence-electron chi connectivity index (χ0n) is 8.79. The van der Waals surface area contributed by atoms with Crippen molar-refractivity contribution in [3.8, 4) is 0 Å². The van der Waals surface area contributed by atoms with E-state index >= 15 is 0 Å². The van der Waals surface area contributed by atoms with Gasteiger partial charge in [0.25, 0.3) is 0 Å². The van der Waals surface area contributed by atoms with E-state index in [0.29, 0.717) is 0 Å². The van der Waals surface area contributed by atoms with Crippen LogP contribution >= 0.6 is 0 Å². The van der Waals surface area contributed by atoms with Crippen LogP contribution < -0.4 is 11.3 Å². The third kappa shape index (κ3) is 4.04. The molecule has 0 bridgehead atoms. The first-order valence-corrected chi connectivity index (χ1v) is 5.03. The number of nitrogens with two attached hydrogens (primary N) is 1. The molecule has 4 nitrogen and oxygen atoms in total. The van der Waals surface area contributed by atoms with Gasteiger partial charge >= 0.3 is 0 Å². The molecule has 0 aliphatic carbocycles. The molecule has 1 aliphatic heterocycles. The summed E-state index contributed by atoms with van der Waals surface area (Å²) in [5.41, 5.74) is 2.68. The summed E-state index contributed by atoms with van der Waals surface area (Å²) >= 11 is 0. The Labute approximate surface area is 81.0 Å². The second-order valence-corrected chi connectivity index (χ2v) is 4.17. The van der Waals surface area contributed by atoms with Crippen LogP contribution in [0.3, 0.4) is 0 Å². The van der Waals surface area contributed by atoms with Gasteiger partial charge in [-0.2, -0.15) is 0 Å². The normalized spacial score (nSPS) is 25.4. The van der Waals surface area contributed by atoms with Crippen molar-refractivity contribution in [3.63, 3.8) is 0 Å². The number of hydrogen-bond donors (Lipinski definition) is 2. The van der Waals surface area contributed by atoms with Crippen molar-refractivity contribution in [2.24, 2.45) is 11.8 Å². The molecule has 0 saturated carbocycles. The third-order valence-electron chi connectivity index (χ3n) is 2.65. The zero-order chi connectivity index (χ0) is 9.68. The van der Waals surface area contributed by atoms with Gasteiger partial charge in [0.05, 0.1) is 6.67 Å². The number of likely N-dealkylation sites (tertiary alicyclic amines) is 1. The number of hydrazine groups is 1. The van der Waals surface area contributed by atoms with Crippen LogP contribution in [0.1, 0.15) is 12.8 Å². The Morgan fingerprint density at radius 1 is 1.62 bits per heavy atom. The van der Waals surface area contributed by atoms with Gasteiger partial charge < -0.3 is 4.90 Å². The van der Waals surface area contributed by atoms with Crippen LogP contribution in [0.4, 0.5) is 0 Å². The number of nitrogens with one attached hydrogen (secondary N) is 1. The molecule has 0 aromatic carbocycles. The van der Waals surface area contributed by atoms with Crippen LogP contribution in [0, 0.1) is 5.92 Å². The van der Waals surface area contributed by atoms with E-state index in [-0.39, 0.29) is 0 Å². The Hall–Kier alpha value is -0.160. The monoisotopic (exact) mass is 186 g/mol. The molecule has 4 heteroatoms. The second-order valence-electron chi connectivity index (χ2n) is 4.17. The first-order valence-electron chi connectivity index (χ1n) is 5.03. The topological polar surface area (TPSA) is 44.5 Å². The maximum absolute atomic E-state index is 5.26. The lowest BCUT2D eigenvalue weighted by Crippen LogP contribution is -2.42. The quantitative estimate of drug-likeness (QED) is 0.359. The molecule has 1 rings (SSSR count). The highest BCUT2D eigenvalue weighted by Crippen LogP contribution is 2.15. The first kappa shape index (κ1) is 10.9. The van der Waals surface area contributed by atoms with Crippen molar-refractivity contribution in [1.29, 1.82) is 0 Å². The van der Waals surface area contributed by atoms with Crippen molar-refractivity contribution in [3.05, 3.63) is 0 Å². The van der Waals surface area contributed by atoms with Gasteiger partial charge in [-0.3, -0.25) is 10.7 Å². The van der Waals surface area contributed by atoms with E-state index in [9.17, 15) is 0 Å². The molecule has 78 valence electrons. The summed E-state index contributed by atoms with van der Waals surface area (Å²) in [6.07, 6.45) is 2.70. The Morgan fingerprint density at radius 3 is 3.00 bits per heavy atom. The summed E-state index contributed by atoms with van der Waals surface area (Å²) in [5.74, 6) is 6.08. The lowest BCUT2D eigenvalue weighted by Gasteiger charge is -2.32. The molecule has 0 amide bonds. The Kier molecular flexibility index (Phi) is 4.66. The smallest absolute Gasteiger partial charge is 0.0610 e. The molecular weight excluding hydrogens is 164 g/mol. The van der Waals surface area contributed by atoms with Gasteiger partial charge in [0.15, 0.2) is 0 Å². The minimum Gasteiger partial charge on any atom is -0.306 e. The zero-order valence-corrected chi connectivity index (χ0v) is 8.79. The van der Waals surface area contributed by atoms with Gasteiger partial charge in [-0.1, -0.05) is 0 Å². The molecule has 3 N–H and O–H groups in total. The summed E-state index contributed by atoms with van der Waals surface area (Å²) in [4.78, 5) is 4.65. The fourth-order valence-corrected chi connectivity index (χ4v) is 2.08. The van der Waals surface area contributed by atoms with E-state index in [0.717, 1.165) is 19.1 Å². The molecule has 1 fully saturated rings. The van der Waals surface area contributed by atoms with Crippen LogP contribution in [0.2, 0.25) is 0 Å². The average Bonchev–Trinajstić information content (AvgIpc) is 2.04. The third-order valence-corrected chi connectivity index (χ3v) is 2.65. The standard InChI is InChI=1S/C9H22N4/c1-12-5-3-4-9(6-12)7-13(2)8-11-10/h9,11H,3-8,10H2,1-2H3. The molecule has 0 spiro atoms. The van der Waals surface area contributed by atoms with Crippen molar-refractivity contribution < 1.29 is 0 Å². The molecule has 1 aliphatic rings. The highest BCUT2D eigenvalue weighted by Gasteiger charge is 2.17. The Balaban J connectivity index is 2.19. The second kappa shape index (κ2) is 5.54. The molecule has 0 aromatic rings. The minimum absolute atomic E-state index is 0.778. The molecule has 1 heterocycles. The van der Waals surface area contributed by atoms with E-state index < -0.39 is 0 Å². The van der Waals surface area contributed by atoms with Gasteiger partial charge in [0.2, 0.25) is 0 Å². The van der Waals surface area contributed by atoms with Crippen LogP contribution in [0.25, 0.3) is 0 Å². The lowest BCUT2D eigenvalue weighted by molar-refractivity contribution is 0.162. The SMILES string of the molecule is CN1CCCC(CN(C)CNN)C1. The fourth-order valence-electron chi connectivity index (χ4n) is 2.08. The molecule has 1 unspecified atom stereocenters. The highest BCUT2D eigenvalue weighted by molar-refractivity contribution is 4.72. The number of nitrogens with zero attached hydrogens (tertiary/aromatic N) is 2. The maximum atomic E-state index is 5.26. The van der Waals surface area contributed by atoms with Gasteiger partial charge in [0.1, 0.15) is 0 Å². The molecule has 1 atom stereocenters. The minimum atomic E-state index is 0.778. The van der Waals surface area contributed by atoms with E-state index in [1.54, 1.807) is 0 Å². The van der Waals surface area contributed by atoms with E-state index in [4.69, 9.17) is 5.84 Å². The van der Waals surface area contributed by atoms with Gasteiger partial charge in [-0.05, 0) is 39.4 Å². The average molecular weight is 186 g/mol. The molecular formula is C9H22N4. The molecule has 13 heavy (non-hydrogen) atoms. The summed E-state index contributed by atoms with van der Waals surface area (Å²) in [7, 11) is 4.31. The van der Waals surface area contributed by atoms with E-state index in [1.165, 1.54) is 25.9 Å². The van der Waals surface area contributed by atoms with Gasteiger partial charge in [-0.25, -0.2) is 5.43 Å². The van der Waals surface area contributed by atoms with Gasteiger partial charge in [-0.15, -0.1) is 0 Å².